The molecule has 4 nitrogen and oxygen atoms in total. The van der Waals surface area contributed by atoms with Crippen LogP contribution in [0.1, 0.15) is 67.5 Å². The van der Waals surface area contributed by atoms with E-state index in [1.165, 1.54) is 49.9 Å². The zero-order chi connectivity index (χ0) is 18.6. The number of piperidine rings is 2. The second kappa shape index (κ2) is 8.30. The molecule has 0 bridgehead atoms. The Morgan fingerprint density at radius 3 is 2.19 bits per heavy atom. The number of hydrogen-bond acceptors (Lipinski definition) is 2. The van der Waals surface area contributed by atoms with Gasteiger partial charge in [0, 0.05) is 25.3 Å². The maximum absolute atomic E-state index is 12.7. The lowest BCUT2D eigenvalue weighted by Gasteiger charge is -2.32. The molecule has 2 aliphatic rings. The summed E-state index contributed by atoms with van der Waals surface area (Å²) in [6, 6.07) is 11.3. The van der Waals surface area contributed by atoms with Crippen LogP contribution in [0.3, 0.4) is 0 Å². The molecule has 1 atom stereocenters. The summed E-state index contributed by atoms with van der Waals surface area (Å²) in [5.74, 6) is 0.135. The first kappa shape index (κ1) is 18.3. The number of rotatable bonds is 4. The van der Waals surface area contributed by atoms with E-state index in [0.29, 0.717) is 11.7 Å². The van der Waals surface area contributed by atoms with Gasteiger partial charge < -0.3 is 9.88 Å². The molecular weight excluding hydrogens is 334 g/mol. The van der Waals surface area contributed by atoms with Crippen LogP contribution in [0.15, 0.2) is 36.5 Å². The molecule has 0 saturated carbocycles. The van der Waals surface area contributed by atoms with Crippen LogP contribution in [0.5, 0.6) is 0 Å². The van der Waals surface area contributed by atoms with E-state index in [2.05, 4.69) is 41.1 Å². The SMILES string of the molecule is C[C@@H](c1ccc(-c2c[nH]c(C(=O)N3CCCCC3)c2)cc1)N1CCCCC1. The molecule has 3 heterocycles. The second-order valence-electron chi connectivity index (χ2n) is 8.05. The molecule has 2 saturated heterocycles. The Balaban J connectivity index is 1.44. The van der Waals surface area contributed by atoms with E-state index in [-0.39, 0.29) is 5.91 Å². The van der Waals surface area contributed by atoms with Gasteiger partial charge in [0.25, 0.3) is 5.91 Å². The van der Waals surface area contributed by atoms with E-state index in [0.717, 1.165) is 31.5 Å². The molecule has 2 aliphatic heterocycles. The topological polar surface area (TPSA) is 39.3 Å². The molecule has 1 aromatic carbocycles. The fraction of sp³-hybridized carbons (Fsp3) is 0.522. The number of carbonyl (C=O) groups is 1. The van der Waals surface area contributed by atoms with Gasteiger partial charge in [0.2, 0.25) is 0 Å². The number of nitrogens with one attached hydrogen (secondary N) is 1. The molecule has 1 amide bonds. The first-order chi connectivity index (χ1) is 13.2. The summed E-state index contributed by atoms with van der Waals surface area (Å²) in [6.45, 7) is 6.50. The van der Waals surface area contributed by atoms with Crippen molar-refractivity contribution in [2.45, 2.75) is 51.5 Å². The molecule has 144 valence electrons. The van der Waals surface area contributed by atoms with Crippen LogP contribution in [0.4, 0.5) is 0 Å². The van der Waals surface area contributed by atoms with Crippen molar-refractivity contribution >= 4 is 5.91 Å². The minimum absolute atomic E-state index is 0.135. The van der Waals surface area contributed by atoms with E-state index in [1.54, 1.807) is 0 Å². The zero-order valence-electron chi connectivity index (χ0n) is 16.4. The standard InChI is InChI=1S/C23H31N3O/c1-18(25-12-4-2-5-13-25)19-8-10-20(11-9-19)21-16-22(24-17-21)23(27)26-14-6-3-7-15-26/h8-11,16-18,24H,2-7,12-15H2,1H3/t18-/m0/s1. The summed E-state index contributed by atoms with van der Waals surface area (Å²) >= 11 is 0. The highest BCUT2D eigenvalue weighted by atomic mass is 16.2. The summed E-state index contributed by atoms with van der Waals surface area (Å²) in [5, 5.41) is 0. The van der Waals surface area contributed by atoms with Crippen molar-refractivity contribution in [1.82, 2.24) is 14.8 Å². The van der Waals surface area contributed by atoms with Gasteiger partial charge in [-0.3, -0.25) is 9.69 Å². The van der Waals surface area contributed by atoms with Gasteiger partial charge in [0.1, 0.15) is 5.69 Å². The normalized spacial score (nSPS) is 19.8. The van der Waals surface area contributed by atoms with Crippen LogP contribution >= 0.6 is 0 Å². The van der Waals surface area contributed by atoms with Crippen molar-refractivity contribution in [3.8, 4) is 11.1 Å². The van der Waals surface area contributed by atoms with Crippen LogP contribution in [0.25, 0.3) is 11.1 Å². The molecule has 1 N–H and O–H groups in total. The van der Waals surface area contributed by atoms with Crippen LogP contribution in [-0.4, -0.2) is 46.9 Å². The first-order valence-electron chi connectivity index (χ1n) is 10.5. The Morgan fingerprint density at radius 2 is 1.52 bits per heavy atom. The maximum atomic E-state index is 12.7. The quantitative estimate of drug-likeness (QED) is 0.841. The Kier molecular flexibility index (Phi) is 5.63. The highest BCUT2D eigenvalue weighted by Gasteiger charge is 2.20. The second-order valence-corrected chi connectivity index (χ2v) is 8.05. The molecule has 2 fully saturated rings. The van der Waals surface area contributed by atoms with Crippen molar-refractivity contribution in [2.75, 3.05) is 26.2 Å². The molecule has 0 spiro atoms. The fourth-order valence-corrected chi connectivity index (χ4v) is 4.42. The van der Waals surface area contributed by atoms with Crippen molar-refractivity contribution in [3.63, 3.8) is 0 Å². The van der Waals surface area contributed by atoms with Crippen LogP contribution in [0.2, 0.25) is 0 Å². The highest BCUT2D eigenvalue weighted by Crippen LogP contribution is 2.27. The molecule has 4 heteroatoms. The number of nitrogens with zero attached hydrogens (tertiary/aromatic N) is 2. The molecular formula is C23H31N3O. The minimum atomic E-state index is 0.135. The Bertz CT molecular complexity index is 752. The van der Waals surface area contributed by atoms with Crippen molar-refractivity contribution in [2.24, 2.45) is 0 Å². The van der Waals surface area contributed by atoms with E-state index in [4.69, 9.17) is 0 Å². The third-order valence-corrected chi connectivity index (χ3v) is 6.22. The van der Waals surface area contributed by atoms with Crippen molar-refractivity contribution in [1.29, 1.82) is 0 Å². The zero-order valence-corrected chi connectivity index (χ0v) is 16.4. The first-order valence-corrected chi connectivity index (χ1v) is 10.5. The van der Waals surface area contributed by atoms with Gasteiger partial charge in [-0.1, -0.05) is 30.7 Å². The number of amides is 1. The summed E-state index contributed by atoms with van der Waals surface area (Å²) in [6.07, 6.45) is 9.45. The molecule has 27 heavy (non-hydrogen) atoms. The number of likely N-dealkylation sites (tertiary alicyclic amines) is 2. The summed E-state index contributed by atoms with van der Waals surface area (Å²) in [7, 11) is 0. The van der Waals surface area contributed by atoms with E-state index < -0.39 is 0 Å². The van der Waals surface area contributed by atoms with E-state index in [1.807, 2.05) is 17.2 Å². The van der Waals surface area contributed by atoms with Crippen molar-refractivity contribution < 1.29 is 4.79 Å². The third-order valence-electron chi connectivity index (χ3n) is 6.22. The van der Waals surface area contributed by atoms with Crippen LogP contribution < -0.4 is 0 Å². The van der Waals surface area contributed by atoms with Gasteiger partial charge in [-0.25, -0.2) is 0 Å². The fourth-order valence-electron chi connectivity index (χ4n) is 4.42. The average Bonchev–Trinajstić information content (AvgIpc) is 3.24. The van der Waals surface area contributed by atoms with Gasteiger partial charge in [0.15, 0.2) is 0 Å². The Morgan fingerprint density at radius 1 is 0.889 bits per heavy atom. The Hall–Kier alpha value is -2.07. The third kappa shape index (κ3) is 4.11. The number of carbonyl (C=O) groups excluding carboxylic acids is 1. The number of benzene rings is 1. The molecule has 2 aromatic rings. The summed E-state index contributed by atoms with van der Waals surface area (Å²) in [4.78, 5) is 20.4. The monoisotopic (exact) mass is 365 g/mol. The Labute approximate surface area is 162 Å². The molecule has 0 radical (unpaired) electrons. The molecule has 1 aromatic heterocycles. The number of aromatic amines is 1. The van der Waals surface area contributed by atoms with Crippen LogP contribution in [-0.2, 0) is 0 Å². The predicted molar refractivity (Wildman–Crippen MR) is 110 cm³/mol. The average molecular weight is 366 g/mol. The number of H-pyrrole nitrogens is 1. The molecule has 0 aliphatic carbocycles. The van der Waals surface area contributed by atoms with Gasteiger partial charge >= 0.3 is 0 Å². The van der Waals surface area contributed by atoms with E-state index >= 15 is 0 Å². The predicted octanol–water partition coefficient (Wildman–Crippen LogP) is 4.85. The summed E-state index contributed by atoms with van der Waals surface area (Å²) < 4.78 is 0. The maximum Gasteiger partial charge on any atom is 0.270 e. The smallest absolute Gasteiger partial charge is 0.270 e. The van der Waals surface area contributed by atoms with Gasteiger partial charge in [-0.15, -0.1) is 0 Å². The summed E-state index contributed by atoms with van der Waals surface area (Å²) in [5.41, 5.74) is 4.34. The van der Waals surface area contributed by atoms with Crippen molar-refractivity contribution in [3.05, 3.63) is 47.8 Å². The minimum Gasteiger partial charge on any atom is -0.357 e. The number of aromatic nitrogens is 1. The van der Waals surface area contributed by atoms with Gasteiger partial charge in [-0.05, 0) is 74.9 Å². The molecule has 0 unspecified atom stereocenters. The van der Waals surface area contributed by atoms with E-state index in [9.17, 15) is 4.79 Å². The lowest BCUT2D eigenvalue weighted by atomic mass is 10.00. The van der Waals surface area contributed by atoms with Crippen LogP contribution in [0, 0.1) is 0 Å². The molecule has 4 rings (SSSR count). The van der Waals surface area contributed by atoms with Gasteiger partial charge in [0.05, 0.1) is 0 Å². The lowest BCUT2D eigenvalue weighted by Crippen LogP contribution is -2.35. The lowest BCUT2D eigenvalue weighted by molar-refractivity contribution is 0.0719. The van der Waals surface area contributed by atoms with Gasteiger partial charge in [-0.2, -0.15) is 0 Å². The largest absolute Gasteiger partial charge is 0.357 e. The highest BCUT2D eigenvalue weighted by molar-refractivity contribution is 5.94. The number of hydrogen-bond donors (Lipinski definition) is 1.